The van der Waals surface area contributed by atoms with Gasteiger partial charge in [0.25, 0.3) is 5.91 Å². The number of nitrogens with one attached hydrogen (secondary N) is 2. The third kappa shape index (κ3) is 4.03. The Labute approximate surface area is 162 Å². The fourth-order valence-corrected chi connectivity index (χ4v) is 2.96. The van der Waals surface area contributed by atoms with Crippen molar-refractivity contribution < 1.29 is 14.3 Å². The van der Waals surface area contributed by atoms with Crippen LogP contribution in [0.2, 0.25) is 0 Å². The molecule has 0 aliphatic carbocycles. The molecule has 144 valence electrons. The maximum absolute atomic E-state index is 12.5. The summed E-state index contributed by atoms with van der Waals surface area (Å²) in [6.07, 6.45) is 1.48. The first-order chi connectivity index (χ1) is 13.7. The van der Waals surface area contributed by atoms with Crippen molar-refractivity contribution in [1.82, 2.24) is 20.3 Å². The number of hydrogen-bond acceptors (Lipinski definition) is 6. The van der Waals surface area contributed by atoms with Gasteiger partial charge in [0.2, 0.25) is 0 Å². The fourth-order valence-electron chi connectivity index (χ4n) is 2.96. The topological polar surface area (TPSA) is 90.3 Å². The maximum Gasteiger partial charge on any atom is 0.277 e. The van der Waals surface area contributed by atoms with Crippen LogP contribution in [0.4, 0.5) is 5.69 Å². The number of benzene rings is 2. The molecular formula is C20H21N5O3. The van der Waals surface area contributed by atoms with Crippen molar-refractivity contribution in [2.24, 2.45) is 0 Å². The largest absolute Gasteiger partial charge is 0.497 e. The zero-order chi connectivity index (χ0) is 19.3. The van der Waals surface area contributed by atoms with Crippen molar-refractivity contribution in [3.05, 3.63) is 66.0 Å². The number of ether oxygens (including phenoxy) is 2. The van der Waals surface area contributed by atoms with Crippen LogP contribution in [0.5, 0.6) is 5.75 Å². The number of carbonyl (C=O) groups excluding carboxylic acids is 1. The molecule has 0 bridgehead atoms. The van der Waals surface area contributed by atoms with Crippen LogP contribution in [0.3, 0.4) is 0 Å². The Balaban J connectivity index is 1.41. The van der Waals surface area contributed by atoms with Gasteiger partial charge in [-0.05, 0) is 42.0 Å². The first kappa shape index (κ1) is 18.1. The molecule has 2 aromatic carbocycles. The number of hydrogen-bond donors (Lipinski definition) is 2. The molecule has 1 saturated heterocycles. The molecule has 3 aromatic rings. The Morgan fingerprint density at radius 1 is 1.21 bits per heavy atom. The summed E-state index contributed by atoms with van der Waals surface area (Å²) in [7, 11) is 1.61. The average Bonchev–Trinajstić information content (AvgIpc) is 3.25. The van der Waals surface area contributed by atoms with Gasteiger partial charge in [0.05, 0.1) is 31.7 Å². The van der Waals surface area contributed by atoms with Crippen LogP contribution in [0, 0.1) is 0 Å². The zero-order valence-corrected chi connectivity index (χ0v) is 15.5. The van der Waals surface area contributed by atoms with Gasteiger partial charge < -0.3 is 20.1 Å². The molecular weight excluding hydrogens is 358 g/mol. The van der Waals surface area contributed by atoms with E-state index in [1.54, 1.807) is 7.11 Å². The molecule has 2 N–H and O–H groups in total. The highest BCUT2D eigenvalue weighted by Gasteiger charge is 2.16. The third-order valence-corrected chi connectivity index (χ3v) is 4.50. The van der Waals surface area contributed by atoms with Gasteiger partial charge in [0.1, 0.15) is 5.75 Å². The minimum absolute atomic E-state index is 0.0443. The number of rotatable bonds is 5. The highest BCUT2D eigenvalue weighted by Crippen LogP contribution is 2.21. The van der Waals surface area contributed by atoms with Crippen molar-refractivity contribution in [2.45, 2.75) is 6.10 Å². The van der Waals surface area contributed by atoms with E-state index in [9.17, 15) is 4.79 Å². The number of amides is 1. The molecule has 8 nitrogen and oxygen atoms in total. The van der Waals surface area contributed by atoms with Gasteiger partial charge >= 0.3 is 0 Å². The summed E-state index contributed by atoms with van der Waals surface area (Å²) in [5.41, 5.74) is 2.75. The van der Waals surface area contributed by atoms with Crippen LogP contribution >= 0.6 is 0 Å². The molecule has 1 amide bonds. The molecule has 0 spiro atoms. The van der Waals surface area contributed by atoms with E-state index in [4.69, 9.17) is 9.47 Å². The lowest BCUT2D eigenvalue weighted by Crippen LogP contribution is -2.33. The van der Waals surface area contributed by atoms with Gasteiger partial charge in [0.15, 0.2) is 5.69 Å². The third-order valence-electron chi connectivity index (χ3n) is 4.50. The molecule has 1 aromatic heterocycles. The zero-order valence-electron chi connectivity index (χ0n) is 15.5. The number of aromatic nitrogens is 3. The molecule has 0 unspecified atom stereocenters. The molecule has 2 heterocycles. The molecule has 4 rings (SSSR count). The van der Waals surface area contributed by atoms with Gasteiger partial charge in [-0.15, -0.1) is 5.10 Å². The van der Waals surface area contributed by atoms with Crippen molar-refractivity contribution in [3.8, 4) is 11.4 Å². The second-order valence-corrected chi connectivity index (χ2v) is 6.36. The molecule has 0 radical (unpaired) electrons. The number of methoxy groups -OCH3 is 1. The lowest BCUT2D eigenvalue weighted by Gasteiger charge is -2.24. The number of anilines is 1. The highest BCUT2D eigenvalue weighted by atomic mass is 16.5. The Kier molecular flexibility index (Phi) is 5.31. The Bertz CT molecular complexity index is 931. The van der Waals surface area contributed by atoms with Crippen LogP contribution in [0.1, 0.15) is 22.2 Å². The van der Waals surface area contributed by atoms with E-state index in [0.717, 1.165) is 30.1 Å². The van der Waals surface area contributed by atoms with Gasteiger partial charge in [-0.3, -0.25) is 4.79 Å². The quantitative estimate of drug-likeness (QED) is 0.706. The first-order valence-corrected chi connectivity index (χ1v) is 9.03. The van der Waals surface area contributed by atoms with E-state index in [1.807, 2.05) is 48.5 Å². The predicted octanol–water partition coefficient (Wildman–Crippen LogP) is 2.19. The maximum atomic E-state index is 12.5. The normalized spacial score (nSPS) is 16.5. The Morgan fingerprint density at radius 2 is 2.00 bits per heavy atom. The highest BCUT2D eigenvalue weighted by molar-refractivity contribution is 6.02. The van der Waals surface area contributed by atoms with Crippen LogP contribution in [0.25, 0.3) is 5.69 Å². The summed E-state index contributed by atoms with van der Waals surface area (Å²) < 4.78 is 10.9. The molecule has 1 atom stereocenters. The SMILES string of the molecule is COc1ccc(-n2ncc(C(=O)Nc3ccc([C@H]4CNCCO4)cc3)n2)cc1. The van der Waals surface area contributed by atoms with Gasteiger partial charge in [-0.1, -0.05) is 12.1 Å². The second kappa shape index (κ2) is 8.20. The minimum Gasteiger partial charge on any atom is -0.497 e. The van der Waals surface area contributed by atoms with Crippen LogP contribution in [0.15, 0.2) is 54.7 Å². The monoisotopic (exact) mass is 379 g/mol. The van der Waals surface area contributed by atoms with E-state index in [2.05, 4.69) is 20.8 Å². The van der Waals surface area contributed by atoms with E-state index in [0.29, 0.717) is 12.3 Å². The van der Waals surface area contributed by atoms with Crippen LogP contribution in [-0.4, -0.2) is 47.7 Å². The van der Waals surface area contributed by atoms with Gasteiger partial charge in [-0.25, -0.2) is 0 Å². The van der Waals surface area contributed by atoms with E-state index in [1.165, 1.54) is 11.0 Å². The summed E-state index contributed by atoms with van der Waals surface area (Å²) >= 11 is 0. The van der Waals surface area contributed by atoms with Gasteiger partial charge in [-0.2, -0.15) is 9.90 Å². The molecule has 8 heteroatoms. The molecule has 1 aliphatic heterocycles. The Morgan fingerprint density at radius 3 is 2.68 bits per heavy atom. The second-order valence-electron chi connectivity index (χ2n) is 6.36. The average molecular weight is 379 g/mol. The molecule has 1 aliphatic rings. The van der Waals surface area contributed by atoms with Crippen molar-refractivity contribution in [2.75, 3.05) is 32.1 Å². The van der Waals surface area contributed by atoms with E-state index in [-0.39, 0.29) is 17.7 Å². The van der Waals surface area contributed by atoms with Crippen LogP contribution < -0.4 is 15.4 Å². The lowest BCUT2D eigenvalue weighted by atomic mass is 10.1. The lowest BCUT2D eigenvalue weighted by molar-refractivity contribution is 0.0277. The molecule has 1 fully saturated rings. The van der Waals surface area contributed by atoms with Gasteiger partial charge in [0, 0.05) is 18.8 Å². The van der Waals surface area contributed by atoms with Crippen molar-refractivity contribution in [1.29, 1.82) is 0 Å². The first-order valence-electron chi connectivity index (χ1n) is 9.03. The van der Waals surface area contributed by atoms with E-state index < -0.39 is 0 Å². The molecule has 28 heavy (non-hydrogen) atoms. The van der Waals surface area contributed by atoms with E-state index >= 15 is 0 Å². The minimum atomic E-state index is -0.317. The predicted molar refractivity (Wildman–Crippen MR) is 104 cm³/mol. The summed E-state index contributed by atoms with van der Waals surface area (Å²) in [6, 6.07) is 14.9. The summed E-state index contributed by atoms with van der Waals surface area (Å²) in [4.78, 5) is 13.9. The van der Waals surface area contributed by atoms with Crippen LogP contribution in [-0.2, 0) is 4.74 Å². The summed E-state index contributed by atoms with van der Waals surface area (Å²) in [5, 5.41) is 14.6. The van der Waals surface area contributed by atoms with Crippen molar-refractivity contribution >= 4 is 11.6 Å². The smallest absolute Gasteiger partial charge is 0.277 e. The number of morpholine rings is 1. The number of nitrogens with zero attached hydrogens (tertiary/aromatic N) is 3. The molecule has 0 saturated carbocycles. The Hall–Kier alpha value is -3.23. The van der Waals surface area contributed by atoms with Crippen molar-refractivity contribution in [3.63, 3.8) is 0 Å². The summed E-state index contributed by atoms with van der Waals surface area (Å²) in [5.74, 6) is 0.426. The standard InChI is InChI=1S/C20H21N5O3/c1-27-17-8-6-16(7-9-17)25-22-12-18(24-25)20(26)23-15-4-2-14(3-5-15)19-13-21-10-11-28-19/h2-9,12,19,21H,10-11,13H2,1H3,(H,23,26)/t19-/m1/s1. The fraction of sp³-hybridized carbons (Fsp3) is 0.250. The number of carbonyl (C=O) groups is 1. The summed E-state index contributed by atoms with van der Waals surface area (Å²) in [6.45, 7) is 2.37.